The van der Waals surface area contributed by atoms with E-state index in [9.17, 15) is 0 Å². The minimum atomic E-state index is -0.327. The van der Waals surface area contributed by atoms with Crippen molar-refractivity contribution in [3.63, 3.8) is 0 Å². The van der Waals surface area contributed by atoms with Gasteiger partial charge in [0.1, 0.15) is 0 Å². The predicted octanol–water partition coefficient (Wildman–Crippen LogP) is 12.4. The summed E-state index contributed by atoms with van der Waals surface area (Å²) >= 11 is 0. The van der Waals surface area contributed by atoms with Gasteiger partial charge in [-0.15, -0.1) is 0 Å². The zero-order chi connectivity index (χ0) is 33.2. The Bertz CT molecular complexity index is 2530. The van der Waals surface area contributed by atoms with Crippen LogP contribution >= 0.6 is 0 Å². The number of rotatable bonds is 4. The van der Waals surface area contributed by atoms with Gasteiger partial charge in [0, 0.05) is 11.3 Å². The molecule has 0 unspecified atom stereocenters. The molecule has 50 heavy (non-hydrogen) atoms. The number of pyridine rings is 1. The Morgan fingerprint density at radius 2 is 0.740 bits per heavy atom. The molecule has 0 fully saturated rings. The van der Waals surface area contributed by atoms with E-state index in [0.717, 1.165) is 17.0 Å². The van der Waals surface area contributed by atoms with Crippen molar-refractivity contribution < 1.29 is 0 Å². The van der Waals surface area contributed by atoms with Crippen LogP contribution in [-0.2, 0) is 5.41 Å². The van der Waals surface area contributed by atoms with Crippen molar-refractivity contribution in [3.8, 4) is 66.9 Å². The van der Waals surface area contributed by atoms with Crippen molar-refractivity contribution in [2.45, 2.75) is 12.3 Å². The van der Waals surface area contributed by atoms with Gasteiger partial charge in [0.25, 0.3) is 0 Å². The van der Waals surface area contributed by atoms with Crippen molar-refractivity contribution in [2.24, 2.45) is 0 Å². The predicted molar refractivity (Wildman–Crippen MR) is 207 cm³/mol. The lowest BCUT2D eigenvalue weighted by atomic mass is 9.70. The van der Waals surface area contributed by atoms with Crippen LogP contribution in [0.3, 0.4) is 0 Å². The maximum atomic E-state index is 4.72. The molecular weight excluding hydrogens is 603 g/mol. The van der Waals surface area contributed by atoms with Gasteiger partial charge in [-0.3, -0.25) is 4.98 Å². The summed E-state index contributed by atoms with van der Waals surface area (Å²) in [6.07, 6.45) is 0. The van der Waals surface area contributed by atoms with Crippen LogP contribution < -0.4 is 0 Å². The first-order valence-electron chi connectivity index (χ1n) is 17.4. The van der Waals surface area contributed by atoms with Crippen LogP contribution in [0.5, 0.6) is 0 Å². The Morgan fingerprint density at radius 1 is 0.320 bits per heavy atom. The number of benzene rings is 7. The second kappa shape index (κ2) is 11.1. The van der Waals surface area contributed by atoms with Gasteiger partial charge in [-0.2, -0.15) is 0 Å². The molecule has 0 bridgehead atoms. The molecule has 0 atom stereocenters. The molecule has 234 valence electrons. The second-order valence-electron chi connectivity index (χ2n) is 13.5. The first kappa shape index (κ1) is 28.7. The van der Waals surface area contributed by atoms with Crippen LogP contribution in [0.4, 0.5) is 0 Å². The zero-order valence-corrected chi connectivity index (χ0v) is 27.8. The van der Waals surface area contributed by atoms with E-state index in [0.29, 0.717) is 0 Å². The Balaban J connectivity index is 1.00. The summed E-state index contributed by atoms with van der Waals surface area (Å²) in [5.41, 5.74) is 20.9. The third kappa shape index (κ3) is 4.23. The number of fused-ring (bicyclic) bond motifs is 10. The standard InChI is InChI=1S/C49H33N/c1-32-10-8-19-48(50-32)39-12-9-11-37(30-39)35-24-20-33(21-25-35)34-22-26-36(27-23-34)38-28-29-43-42-15-4-7-18-46(42)49(47(43)31-38)44-16-5-2-13-40(44)41-14-3-6-17-45(41)49/h2-31H,1H3. The molecule has 1 aromatic heterocycles. The molecule has 0 amide bonds. The molecule has 0 saturated heterocycles. The molecule has 0 radical (unpaired) electrons. The lowest BCUT2D eigenvalue weighted by Crippen LogP contribution is -2.25. The van der Waals surface area contributed by atoms with Crippen molar-refractivity contribution in [1.29, 1.82) is 0 Å². The molecule has 2 aliphatic carbocycles. The Hall–Kier alpha value is -6.31. The van der Waals surface area contributed by atoms with Crippen LogP contribution in [0, 0.1) is 6.92 Å². The lowest BCUT2D eigenvalue weighted by molar-refractivity contribution is 0.794. The third-order valence-corrected chi connectivity index (χ3v) is 10.8. The highest BCUT2D eigenvalue weighted by molar-refractivity contribution is 5.96. The largest absolute Gasteiger partial charge is 0.253 e. The van der Waals surface area contributed by atoms with E-state index < -0.39 is 0 Å². The van der Waals surface area contributed by atoms with Crippen LogP contribution in [0.1, 0.15) is 27.9 Å². The molecule has 0 N–H and O–H groups in total. The molecule has 1 nitrogen and oxygen atoms in total. The van der Waals surface area contributed by atoms with E-state index in [1.54, 1.807) is 0 Å². The molecule has 0 saturated carbocycles. The fourth-order valence-corrected chi connectivity index (χ4v) is 8.55. The minimum Gasteiger partial charge on any atom is -0.253 e. The molecule has 1 spiro atoms. The van der Waals surface area contributed by atoms with Crippen molar-refractivity contribution in [2.75, 3.05) is 0 Å². The topological polar surface area (TPSA) is 12.9 Å². The molecule has 0 aliphatic heterocycles. The van der Waals surface area contributed by atoms with Gasteiger partial charge in [-0.25, -0.2) is 0 Å². The highest BCUT2D eigenvalue weighted by Gasteiger charge is 2.51. The average Bonchev–Trinajstić information content (AvgIpc) is 3.65. The number of aryl methyl sites for hydroxylation is 1. The number of hydrogen-bond acceptors (Lipinski definition) is 1. The Labute approximate surface area is 293 Å². The van der Waals surface area contributed by atoms with Crippen molar-refractivity contribution in [1.82, 2.24) is 4.98 Å². The van der Waals surface area contributed by atoms with E-state index >= 15 is 0 Å². The quantitative estimate of drug-likeness (QED) is 0.187. The molecule has 2 aliphatic rings. The minimum absolute atomic E-state index is 0.327. The zero-order valence-electron chi connectivity index (χ0n) is 27.8. The van der Waals surface area contributed by atoms with Gasteiger partial charge in [-0.05, 0) is 109 Å². The SMILES string of the molecule is Cc1cccc(-c2cccc(-c3ccc(-c4ccc(-c5ccc6c(c5)C5(c7ccccc7-c7ccccc75)c5ccccc5-6)cc4)cc3)c2)n1. The summed E-state index contributed by atoms with van der Waals surface area (Å²) < 4.78 is 0. The number of aromatic nitrogens is 1. The molecule has 1 heteroatoms. The number of nitrogens with zero attached hydrogens (tertiary/aromatic N) is 1. The maximum absolute atomic E-state index is 4.72. The van der Waals surface area contributed by atoms with Crippen LogP contribution in [0.2, 0.25) is 0 Å². The summed E-state index contributed by atoms with van der Waals surface area (Å²) in [6, 6.07) is 66.9. The fraction of sp³-hybridized carbons (Fsp3) is 0.0408. The van der Waals surface area contributed by atoms with Gasteiger partial charge in [-0.1, -0.05) is 158 Å². The average molecular weight is 636 g/mol. The summed E-state index contributed by atoms with van der Waals surface area (Å²) in [4.78, 5) is 4.72. The summed E-state index contributed by atoms with van der Waals surface area (Å²) in [7, 11) is 0. The van der Waals surface area contributed by atoms with Gasteiger partial charge < -0.3 is 0 Å². The van der Waals surface area contributed by atoms with Gasteiger partial charge in [0.2, 0.25) is 0 Å². The van der Waals surface area contributed by atoms with E-state index in [4.69, 9.17) is 4.98 Å². The van der Waals surface area contributed by atoms with E-state index in [1.807, 2.05) is 13.0 Å². The van der Waals surface area contributed by atoms with E-state index in [-0.39, 0.29) is 5.41 Å². The van der Waals surface area contributed by atoms with Gasteiger partial charge in [0.05, 0.1) is 11.1 Å². The van der Waals surface area contributed by atoms with E-state index in [1.165, 1.54) is 77.9 Å². The first-order chi connectivity index (χ1) is 24.7. The highest BCUT2D eigenvalue weighted by Crippen LogP contribution is 2.63. The van der Waals surface area contributed by atoms with Gasteiger partial charge >= 0.3 is 0 Å². The number of hydrogen-bond donors (Lipinski definition) is 0. The van der Waals surface area contributed by atoms with E-state index in [2.05, 4.69) is 176 Å². The Kier molecular flexibility index (Phi) is 6.38. The fourth-order valence-electron chi connectivity index (χ4n) is 8.55. The maximum Gasteiger partial charge on any atom is 0.0725 e. The lowest BCUT2D eigenvalue weighted by Gasteiger charge is -2.30. The van der Waals surface area contributed by atoms with Crippen molar-refractivity contribution in [3.05, 3.63) is 210 Å². The first-order valence-corrected chi connectivity index (χ1v) is 17.4. The smallest absolute Gasteiger partial charge is 0.0725 e. The molecule has 7 aromatic carbocycles. The second-order valence-corrected chi connectivity index (χ2v) is 13.5. The van der Waals surface area contributed by atoms with Crippen molar-refractivity contribution >= 4 is 0 Å². The third-order valence-electron chi connectivity index (χ3n) is 10.8. The summed E-state index contributed by atoms with van der Waals surface area (Å²) in [6.45, 7) is 2.04. The summed E-state index contributed by atoms with van der Waals surface area (Å²) in [5, 5.41) is 0. The monoisotopic (exact) mass is 635 g/mol. The molecule has 10 rings (SSSR count). The highest BCUT2D eigenvalue weighted by atomic mass is 14.7. The molecule has 1 heterocycles. The normalized spacial score (nSPS) is 13.1. The van der Waals surface area contributed by atoms with Crippen LogP contribution in [0.15, 0.2) is 182 Å². The molecular formula is C49H33N. The Morgan fingerprint density at radius 3 is 1.28 bits per heavy atom. The molecule has 8 aromatic rings. The summed E-state index contributed by atoms with van der Waals surface area (Å²) in [5.74, 6) is 0. The van der Waals surface area contributed by atoms with Crippen LogP contribution in [0.25, 0.3) is 66.9 Å². The van der Waals surface area contributed by atoms with Gasteiger partial charge in [0.15, 0.2) is 0 Å². The van der Waals surface area contributed by atoms with Crippen LogP contribution in [-0.4, -0.2) is 4.98 Å².